The molecule has 4 nitrogen and oxygen atoms in total. The van der Waals surface area contributed by atoms with Crippen molar-refractivity contribution in [2.24, 2.45) is 0 Å². The average Bonchev–Trinajstić information content (AvgIpc) is 2.83. The molecule has 1 fully saturated rings. The van der Waals surface area contributed by atoms with Crippen LogP contribution in [0.1, 0.15) is 31.4 Å². The Labute approximate surface area is 113 Å². The Morgan fingerprint density at radius 1 is 1.20 bits per heavy atom. The van der Waals surface area contributed by atoms with Gasteiger partial charge in [0.15, 0.2) is 0 Å². The topological polar surface area (TPSA) is 66.0 Å². The zero-order valence-electron chi connectivity index (χ0n) is 10.7. The Bertz CT molecular complexity index is 656. The molecule has 2 aromatic rings. The van der Waals surface area contributed by atoms with E-state index in [9.17, 15) is 18.7 Å². The predicted octanol–water partition coefficient (Wildman–Crippen LogP) is 3.09. The number of nitrogens with one attached hydrogen (secondary N) is 1. The number of benzene rings is 1. The predicted molar refractivity (Wildman–Crippen MR) is 68.8 cm³/mol. The fraction of sp³-hybridized carbons (Fsp3) is 0.429. The molecule has 1 aliphatic carbocycles. The van der Waals surface area contributed by atoms with Gasteiger partial charge >= 0.3 is 5.97 Å². The summed E-state index contributed by atoms with van der Waals surface area (Å²) >= 11 is 0. The standard InChI is InChI=1S/C14H14F2N2O2/c15-14(16)7-5-13(6-8-14,12(19)20)11-9-3-1-2-4-10(9)17-18-11/h1-4H,5-8H2,(H,17,18)(H,19,20). The maximum atomic E-state index is 13.3. The van der Waals surface area contributed by atoms with Crippen LogP contribution < -0.4 is 0 Å². The lowest BCUT2D eigenvalue weighted by molar-refractivity contribution is -0.149. The molecule has 3 rings (SSSR count). The lowest BCUT2D eigenvalue weighted by Gasteiger charge is -2.36. The van der Waals surface area contributed by atoms with Gasteiger partial charge in [-0.25, -0.2) is 8.78 Å². The van der Waals surface area contributed by atoms with Gasteiger partial charge in [-0.05, 0) is 18.9 Å². The Morgan fingerprint density at radius 2 is 1.85 bits per heavy atom. The van der Waals surface area contributed by atoms with Crippen LogP contribution in [0.2, 0.25) is 0 Å². The molecule has 0 unspecified atom stereocenters. The van der Waals surface area contributed by atoms with E-state index in [0.717, 1.165) is 0 Å². The number of rotatable bonds is 2. The molecule has 6 heteroatoms. The van der Waals surface area contributed by atoms with Crippen LogP contribution in [0.15, 0.2) is 24.3 Å². The van der Waals surface area contributed by atoms with Crippen molar-refractivity contribution in [2.75, 3.05) is 0 Å². The molecule has 20 heavy (non-hydrogen) atoms. The number of para-hydroxylation sites is 1. The van der Waals surface area contributed by atoms with Gasteiger partial charge in [0.2, 0.25) is 5.92 Å². The highest BCUT2D eigenvalue weighted by molar-refractivity contribution is 5.90. The molecule has 106 valence electrons. The SMILES string of the molecule is O=C(O)C1(c2[nH]nc3ccccc23)CCC(F)(F)CC1. The maximum Gasteiger partial charge on any atom is 0.315 e. The van der Waals surface area contributed by atoms with Gasteiger partial charge in [-0.2, -0.15) is 5.10 Å². The van der Waals surface area contributed by atoms with Gasteiger partial charge in [0, 0.05) is 18.2 Å². The summed E-state index contributed by atoms with van der Waals surface area (Å²) in [7, 11) is 0. The second-order valence-electron chi connectivity index (χ2n) is 5.36. The monoisotopic (exact) mass is 280 g/mol. The number of halogens is 2. The van der Waals surface area contributed by atoms with E-state index < -0.39 is 30.1 Å². The Morgan fingerprint density at radius 3 is 2.50 bits per heavy atom. The summed E-state index contributed by atoms with van der Waals surface area (Å²) in [6.45, 7) is 0. The van der Waals surface area contributed by atoms with Gasteiger partial charge in [0.1, 0.15) is 5.41 Å². The van der Waals surface area contributed by atoms with Crippen molar-refractivity contribution in [1.29, 1.82) is 0 Å². The first-order valence-electron chi connectivity index (χ1n) is 6.49. The minimum Gasteiger partial charge on any atom is -0.481 e. The number of hydrogen-bond acceptors (Lipinski definition) is 2. The van der Waals surface area contributed by atoms with Crippen molar-refractivity contribution in [2.45, 2.75) is 37.0 Å². The summed E-state index contributed by atoms with van der Waals surface area (Å²) in [6, 6.07) is 7.12. The van der Waals surface area contributed by atoms with Gasteiger partial charge in [0.05, 0.1) is 11.2 Å². The summed E-state index contributed by atoms with van der Waals surface area (Å²) in [5, 5.41) is 17.1. The molecule has 0 amide bonds. The minimum absolute atomic E-state index is 0.0818. The number of alkyl halides is 2. The molecule has 1 aromatic carbocycles. The second kappa shape index (κ2) is 4.26. The van der Waals surface area contributed by atoms with Crippen molar-refractivity contribution >= 4 is 16.9 Å². The van der Waals surface area contributed by atoms with Crippen LogP contribution in [-0.4, -0.2) is 27.2 Å². The smallest absolute Gasteiger partial charge is 0.315 e. The van der Waals surface area contributed by atoms with Gasteiger partial charge in [-0.1, -0.05) is 18.2 Å². The lowest BCUT2D eigenvalue weighted by atomic mass is 9.70. The highest BCUT2D eigenvalue weighted by Gasteiger charge is 2.50. The summed E-state index contributed by atoms with van der Waals surface area (Å²) in [6.07, 6.45) is -0.984. The number of carboxylic acids is 1. The van der Waals surface area contributed by atoms with E-state index in [-0.39, 0.29) is 12.8 Å². The number of fused-ring (bicyclic) bond motifs is 1. The first-order valence-corrected chi connectivity index (χ1v) is 6.49. The number of aromatic nitrogens is 2. The molecule has 1 aliphatic rings. The number of aliphatic carboxylic acids is 1. The maximum absolute atomic E-state index is 13.3. The van der Waals surface area contributed by atoms with Gasteiger partial charge < -0.3 is 5.11 Å². The van der Waals surface area contributed by atoms with E-state index in [1.807, 2.05) is 0 Å². The van der Waals surface area contributed by atoms with Crippen LogP contribution in [0.25, 0.3) is 10.9 Å². The number of carboxylic acid groups (broad SMARTS) is 1. The van der Waals surface area contributed by atoms with E-state index in [2.05, 4.69) is 10.2 Å². The average molecular weight is 280 g/mol. The van der Waals surface area contributed by atoms with Crippen LogP contribution >= 0.6 is 0 Å². The fourth-order valence-electron chi connectivity index (χ4n) is 2.94. The number of aromatic amines is 1. The van der Waals surface area contributed by atoms with Crippen molar-refractivity contribution in [3.05, 3.63) is 30.0 Å². The third-order valence-corrected chi connectivity index (χ3v) is 4.18. The Hall–Kier alpha value is -1.98. The molecule has 1 saturated carbocycles. The zero-order chi connectivity index (χ0) is 14.4. The Kier molecular flexibility index (Phi) is 2.77. The van der Waals surface area contributed by atoms with Crippen molar-refractivity contribution < 1.29 is 18.7 Å². The van der Waals surface area contributed by atoms with Crippen LogP contribution in [0.3, 0.4) is 0 Å². The van der Waals surface area contributed by atoms with Gasteiger partial charge in [-0.3, -0.25) is 9.89 Å². The molecule has 0 aliphatic heterocycles. The molecule has 0 bridgehead atoms. The molecule has 0 spiro atoms. The van der Waals surface area contributed by atoms with Crippen LogP contribution in [0.4, 0.5) is 8.78 Å². The fourth-order valence-corrected chi connectivity index (χ4v) is 2.94. The van der Waals surface area contributed by atoms with Crippen molar-refractivity contribution in [3.63, 3.8) is 0 Å². The lowest BCUT2D eigenvalue weighted by Crippen LogP contribution is -2.43. The molecule has 1 heterocycles. The number of hydrogen-bond donors (Lipinski definition) is 2. The molecule has 0 atom stereocenters. The first-order chi connectivity index (χ1) is 9.45. The second-order valence-corrected chi connectivity index (χ2v) is 5.36. The summed E-state index contributed by atoms with van der Waals surface area (Å²) in [4.78, 5) is 11.7. The quantitative estimate of drug-likeness (QED) is 0.888. The molecule has 1 aromatic heterocycles. The van der Waals surface area contributed by atoms with Crippen LogP contribution in [0.5, 0.6) is 0 Å². The van der Waals surface area contributed by atoms with Crippen LogP contribution in [-0.2, 0) is 10.2 Å². The van der Waals surface area contributed by atoms with E-state index in [1.165, 1.54) is 0 Å². The van der Waals surface area contributed by atoms with E-state index in [1.54, 1.807) is 24.3 Å². The van der Waals surface area contributed by atoms with E-state index in [4.69, 9.17) is 0 Å². The van der Waals surface area contributed by atoms with Crippen molar-refractivity contribution in [3.8, 4) is 0 Å². The highest BCUT2D eigenvalue weighted by atomic mass is 19.3. The van der Waals surface area contributed by atoms with E-state index >= 15 is 0 Å². The first kappa shape index (κ1) is 13.0. The summed E-state index contributed by atoms with van der Waals surface area (Å²) < 4.78 is 26.7. The summed E-state index contributed by atoms with van der Waals surface area (Å²) in [5.74, 6) is -3.84. The minimum atomic E-state index is -2.77. The van der Waals surface area contributed by atoms with Gasteiger partial charge in [-0.15, -0.1) is 0 Å². The third-order valence-electron chi connectivity index (χ3n) is 4.18. The largest absolute Gasteiger partial charge is 0.481 e. The summed E-state index contributed by atoms with van der Waals surface area (Å²) in [5.41, 5.74) is -0.200. The number of carbonyl (C=O) groups is 1. The molecular weight excluding hydrogens is 266 g/mol. The van der Waals surface area contributed by atoms with Crippen molar-refractivity contribution in [1.82, 2.24) is 10.2 Å². The molecule has 0 saturated heterocycles. The normalized spacial score (nSPS) is 20.9. The molecule has 0 radical (unpaired) electrons. The third kappa shape index (κ3) is 1.87. The zero-order valence-corrected chi connectivity index (χ0v) is 10.7. The Balaban J connectivity index is 2.10. The van der Waals surface area contributed by atoms with Gasteiger partial charge in [0.25, 0.3) is 0 Å². The molecule has 2 N–H and O–H groups in total. The van der Waals surface area contributed by atoms with E-state index in [0.29, 0.717) is 16.6 Å². The number of H-pyrrole nitrogens is 1. The number of nitrogens with zero attached hydrogens (tertiary/aromatic N) is 1. The highest BCUT2D eigenvalue weighted by Crippen LogP contribution is 2.46. The van der Waals surface area contributed by atoms with Crippen LogP contribution in [0, 0.1) is 0 Å². The molecular formula is C14H14F2N2O2.